The third-order valence-electron chi connectivity index (χ3n) is 5.01. The van der Waals surface area contributed by atoms with Crippen LogP contribution in [0.25, 0.3) is 11.5 Å². The van der Waals surface area contributed by atoms with Gasteiger partial charge in [0.05, 0.1) is 5.69 Å². The summed E-state index contributed by atoms with van der Waals surface area (Å²) in [6.07, 6.45) is 5.22. The number of oxazole rings is 1. The summed E-state index contributed by atoms with van der Waals surface area (Å²) in [5, 5.41) is 3.03. The molecule has 1 N–H and O–H groups in total. The number of benzene rings is 1. The van der Waals surface area contributed by atoms with E-state index in [1.54, 1.807) is 6.26 Å². The van der Waals surface area contributed by atoms with Crippen molar-refractivity contribution in [3.05, 3.63) is 35.7 Å². The number of nitrogens with zero attached hydrogens (tertiary/aromatic N) is 2. The highest BCUT2D eigenvalue weighted by Gasteiger charge is 2.40. The highest BCUT2D eigenvalue weighted by atomic mass is 16.3. The maximum absolute atomic E-state index is 12.5. The monoisotopic (exact) mass is 311 g/mol. The number of amides is 2. The van der Waals surface area contributed by atoms with E-state index in [-0.39, 0.29) is 6.03 Å². The van der Waals surface area contributed by atoms with Crippen LogP contribution in [0.4, 0.5) is 10.5 Å². The van der Waals surface area contributed by atoms with Crippen LogP contribution in [0, 0.1) is 19.8 Å². The van der Waals surface area contributed by atoms with Gasteiger partial charge in [-0.15, -0.1) is 0 Å². The zero-order valence-electron chi connectivity index (χ0n) is 13.5. The Bertz CT molecular complexity index is 752. The molecule has 120 valence electrons. The number of piperidine rings is 1. The molecule has 2 bridgehead atoms. The van der Waals surface area contributed by atoms with E-state index in [1.165, 1.54) is 12.8 Å². The molecule has 4 rings (SSSR count). The molecule has 2 atom stereocenters. The molecule has 1 aliphatic carbocycles. The van der Waals surface area contributed by atoms with Crippen LogP contribution >= 0.6 is 0 Å². The molecule has 2 aliphatic rings. The van der Waals surface area contributed by atoms with E-state index < -0.39 is 0 Å². The van der Waals surface area contributed by atoms with Gasteiger partial charge in [-0.3, -0.25) is 0 Å². The quantitative estimate of drug-likeness (QED) is 0.912. The van der Waals surface area contributed by atoms with Gasteiger partial charge in [0.1, 0.15) is 6.26 Å². The van der Waals surface area contributed by atoms with E-state index in [1.807, 2.05) is 36.9 Å². The van der Waals surface area contributed by atoms with Gasteiger partial charge >= 0.3 is 6.03 Å². The van der Waals surface area contributed by atoms with E-state index in [4.69, 9.17) is 4.42 Å². The topological polar surface area (TPSA) is 58.4 Å². The van der Waals surface area contributed by atoms with Crippen molar-refractivity contribution in [2.45, 2.75) is 39.2 Å². The number of likely N-dealkylation sites (tertiary alicyclic amines) is 1. The predicted octanol–water partition coefficient (Wildman–Crippen LogP) is 3.97. The zero-order chi connectivity index (χ0) is 16.0. The Labute approximate surface area is 135 Å². The molecule has 2 heterocycles. The van der Waals surface area contributed by atoms with Crippen molar-refractivity contribution in [1.82, 2.24) is 9.88 Å². The number of aromatic nitrogens is 1. The second-order valence-electron chi connectivity index (χ2n) is 6.74. The van der Waals surface area contributed by atoms with Crippen molar-refractivity contribution >= 4 is 11.7 Å². The summed E-state index contributed by atoms with van der Waals surface area (Å²) in [5.74, 6) is 1.30. The molecule has 1 aromatic heterocycles. The van der Waals surface area contributed by atoms with Gasteiger partial charge in [0.15, 0.2) is 0 Å². The summed E-state index contributed by atoms with van der Waals surface area (Å²) < 4.78 is 5.50. The van der Waals surface area contributed by atoms with Crippen LogP contribution in [-0.2, 0) is 0 Å². The van der Waals surface area contributed by atoms with Gasteiger partial charge in [-0.1, -0.05) is 6.07 Å². The van der Waals surface area contributed by atoms with Crippen molar-refractivity contribution in [1.29, 1.82) is 0 Å². The lowest BCUT2D eigenvalue weighted by molar-refractivity contribution is 0.194. The molecule has 5 heteroatoms. The van der Waals surface area contributed by atoms with Gasteiger partial charge in [-0.2, -0.15) is 0 Å². The summed E-state index contributed by atoms with van der Waals surface area (Å²) in [4.78, 5) is 18.9. The van der Waals surface area contributed by atoms with Gasteiger partial charge in [-0.05, 0) is 56.7 Å². The zero-order valence-corrected chi connectivity index (χ0v) is 13.5. The minimum absolute atomic E-state index is 0.00980. The molecule has 1 saturated carbocycles. The molecule has 2 fully saturated rings. The number of hydrogen-bond donors (Lipinski definition) is 1. The van der Waals surface area contributed by atoms with Crippen molar-refractivity contribution < 1.29 is 9.21 Å². The lowest BCUT2D eigenvalue weighted by Gasteiger charge is -2.27. The summed E-state index contributed by atoms with van der Waals surface area (Å²) in [6, 6.07) is 6.30. The van der Waals surface area contributed by atoms with Gasteiger partial charge in [0, 0.05) is 23.8 Å². The first kappa shape index (κ1) is 14.3. The molecule has 1 aliphatic heterocycles. The largest absolute Gasteiger partial charge is 0.444 e. The Morgan fingerprint density at radius 3 is 2.87 bits per heavy atom. The minimum Gasteiger partial charge on any atom is -0.444 e. The molecular weight excluding hydrogens is 290 g/mol. The van der Waals surface area contributed by atoms with Crippen LogP contribution in [0.2, 0.25) is 0 Å². The summed E-state index contributed by atoms with van der Waals surface area (Å²) in [7, 11) is 0. The Morgan fingerprint density at radius 2 is 2.22 bits per heavy atom. The van der Waals surface area contributed by atoms with Gasteiger partial charge in [-0.25, -0.2) is 9.78 Å². The number of carbonyl (C=O) groups is 1. The first-order valence-electron chi connectivity index (χ1n) is 8.21. The summed E-state index contributed by atoms with van der Waals surface area (Å²) in [5.41, 5.74) is 3.63. The third-order valence-corrected chi connectivity index (χ3v) is 5.01. The van der Waals surface area contributed by atoms with Crippen molar-refractivity contribution in [3.63, 3.8) is 0 Å². The van der Waals surface area contributed by atoms with Gasteiger partial charge in [0.2, 0.25) is 5.89 Å². The van der Waals surface area contributed by atoms with Crippen LogP contribution in [0.1, 0.15) is 30.5 Å². The fourth-order valence-corrected chi connectivity index (χ4v) is 3.78. The highest BCUT2D eigenvalue weighted by molar-refractivity contribution is 5.90. The van der Waals surface area contributed by atoms with Crippen LogP contribution in [0.15, 0.2) is 28.9 Å². The standard InChI is InChI=1S/C18H21N3O2/c1-11-3-5-14(8-16(11)17-19-12(2)10-23-17)20-18(22)21-9-13-4-6-15(21)7-13/h3,5,8,10,13,15H,4,6-7,9H2,1-2H3,(H,20,22)/t13-,15+/m1/s1. The van der Waals surface area contributed by atoms with Gasteiger partial charge in [0.25, 0.3) is 0 Å². The number of hydrogen-bond acceptors (Lipinski definition) is 3. The molecule has 1 saturated heterocycles. The first-order chi connectivity index (χ1) is 11.1. The van der Waals surface area contributed by atoms with Crippen LogP contribution < -0.4 is 5.32 Å². The minimum atomic E-state index is 0.00980. The number of fused-ring (bicyclic) bond motifs is 2. The van der Waals surface area contributed by atoms with Gasteiger partial charge < -0.3 is 14.6 Å². The molecule has 0 unspecified atom stereocenters. The number of aryl methyl sites for hydroxylation is 2. The third kappa shape index (κ3) is 2.60. The number of nitrogens with one attached hydrogen (secondary N) is 1. The number of anilines is 1. The SMILES string of the molecule is Cc1coc(-c2cc(NC(=O)N3C[C@@H]4CC[C@H]3C4)ccc2C)n1. The fraction of sp³-hybridized carbons (Fsp3) is 0.444. The van der Waals surface area contributed by atoms with Crippen LogP contribution in [-0.4, -0.2) is 28.5 Å². The number of carbonyl (C=O) groups excluding carboxylic acids is 1. The van der Waals surface area contributed by atoms with Crippen molar-refractivity contribution in [2.75, 3.05) is 11.9 Å². The maximum atomic E-state index is 12.5. The lowest BCUT2D eigenvalue weighted by atomic mass is 10.1. The molecule has 2 amide bonds. The van der Waals surface area contributed by atoms with E-state index in [0.717, 1.165) is 35.5 Å². The molecule has 0 radical (unpaired) electrons. The summed E-state index contributed by atoms with van der Waals surface area (Å²) >= 11 is 0. The Hall–Kier alpha value is -2.30. The van der Waals surface area contributed by atoms with E-state index >= 15 is 0 Å². The molecule has 2 aromatic rings. The molecule has 5 nitrogen and oxygen atoms in total. The van der Waals surface area contributed by atoms with E-state index in [2.05, 4.69) is 10.3 Å². The van der Waals surface area contributed by atoms with E-state index in [9.17, 15) is 4.79 Å². The first-order valence-corrected chi connectivity index (χ1v) is 8.21. The van der Waals surface area contributed by atoms with Crippen molar-refractivity contribution in [3.8, 4) is 11.5 Å². The van der Waals surface area contributed by atoms with Crippen molar-refractivity contribution in [2.24, 2.45) is 5.92 Å². The summed E-state index contributed by atoms with van der Waals surface area (Å²) in [6.45, 7) is 4.81. The fourth-order valence-electron chi connectivity index (χ4n) is 3.78. The number of rotatable bonds is 2. The maximum Gasteiger partial charge on any atom is 0.322 e. The average molecular weight is 311 g/mol. The smallest absolute Gasteiger partial charge is 0.322 e. The van der Waals surface area contributed by atoms with Crippen LogP contribution in [0.5, 0.6) is 0 Å². The molecular formula is C18H21N3O2. The predicted molar refractivity (Wildman–Crippen MR) is 88.3 cm³/mol. The Balaban J connectivity index is 1.54. The molecule has 23 heavy (non-hydrogen) atoms. The normalized spacial score (nSPS) is 22.6. The van der Waals surface area contributed by atoms with E-state index in [0.29, 0.717) is 17.9 Å². The highest BCUT2D eigenvalue weighted by Crippen LogP contribution is 2.37. The lowest BCUT2D eigenvalue weighted by Crippen LogP contribution is -2.40. The second kappa shape index (κ2) is 5.41. The molecule has 0 spiro atoms. The number of urea groups is 1. The Kier molecular flexibility index (Phi) is 3.36. The average Bonchev–Trinajstić information content (AvgIpc) is 3.25. The molecule has 1 aromatic carbocycles. The van der Waals surface area contributed by atoms with Crippen LogP contribution in [0.3, 0.4) is 0 Å². The Morgan fingerprint density at radius 1 is 1.35 bits per heavy atom. The second-order valence-corrected chi connectivity index (χ2v) is 6.74.